The second-order valence-electron chi connectivity index (χ2n) is 5.78. The fourth-order valence-electron chi connectivity index (χ4n) is 1.98. The van der Waals surface area contributed by atoms with Crippen molar-refractivity contribution in [1.82, 2.24) is 9.59 Å². The van der Waals surface area contributed by atoms with Crippen molar-refractivity contribution in [3.8, 4) is 0 Å². The Bertz CT molecular complexity index is 607. The Balaban J connectivity index is 2.25. The molecule has 3 nitrogen and oxygen atoms in total. The predicted octanol–water partition coefficient (Wildman–Crippen LogP) is 3.98. The first-order valence-electron chi connectivity index (χ1n) is 6.31. The second-order valence-corrected chi connectivity index (χ2v) is 7.42. The molecule has 2 rings (SSSR count). The van der Waals surface area contributed by atoms with Crippen LogP contribution >= 0.6 is 27.5 Å². The molecule has 0 saturated heterocycles. The molecule has 1 aromatic carbocycles. The number of benzene rings is 1. The number of nitrogens with two attached hydrogens (primary N) is 1. The van der Waals surface area contributed by atoms with Gasteiger partial charge in [0.05, 0.1) is 10.6 Å². The van der Waals surface area contributed by atoms with E-state index in [4.69, 9.17) is 5.73 Å². The van der Waals surface area contributed by atoms with Crippen molar-refractivity contribution in [2.24, 2.45) is 5.73 Å². The van der Waals surface area contributed by atoms with Gasteiger partial charge in [-0.2, -0.15) is 0 Å². The Labute approximate surface area is 130 Å². The third-order valence-corrected chi connectivity index (χ3v) is 4.61. The molecule has 20 heavy (non-hydrogen) atoms. The monoisotopic (exact) mass is 357 g/mol. The van der Waals surface area contributed by atoms with Crippen LogP contribution in [0, 0.1) is 5.82 Å². The van der Waals surface area contributed by atoms with Crippen LogP contribution in [0.3, 0.4) is 0 Å². The molecule has 0 radical (unpaired) electrons. The summed E-state index contributed by atoms with van der Waals surface area (Å²) in [5, 5.41) is 4.20. The van der Waals surface area contributed by atoms with E-state index in [1.165, 1.54) is 23.7 Å². The fourth-order valence-corrected chi connectivity index (χ4v) is 3.35. The maximum atomic E-state index is 13.1. The topological polar surface area (TPSA) is 51.8 Å². The van der Waals surface area contributed by atoms with Gasteiger partial charge in [-0.25, -0.2) is 4.39 Å². The number of aromatic nitrogens is 2. The van der Waals surface area contributed by atoms with Gasteiger partial charge in [0.25, 0.3) is 0 Å². The van der Waals surface area contributed by atoms with Gasteiger partial charge in [-0.05, 0) is 35.6 Å². The Kier molecular flexibility index (Phi) is 4.56. The summed E-state index contributed by atoms with van der Waals surface area (Å²) in [5.74, 6) is -0.260. The van der Waals surface area contributed by atoms with Crippen LogP contribution in [0.25, 0.3) is 0 Å². The van der Waals surface area contributed by atoms with E-state index in [9.17, 15) is 4.39 Å². The number of rotatable bonds is 3. The highest BCUT2D eigenvalue weighted by Crippen LogP contribution is 2.32. The van der Waals surface area contributed by atoms with E-state index in [0.29, 0.717) is 6.42 Å². The fraction of sp³-hybridized carbons (Fsp3) is 0.429. The van der Waals surface area contributed by atoms with Gasteiger partial charge in [0.2, 0.25) is 0 Å². The normalized spacial score (nSPS) is 13.5. The molecule has 0 spiro atoms. The molecular weight excluding hydrogens is 341 g/mol. The molecule has 1 unspecified atom stereocenters. The summed E-state index contributed by atoms with van der Waals surface area (Å²) in [6.07, 6.45) is 0.619. The maximum Gasteiger partial charge on any atom is 0.124 e. The standard InChI is InChI=1S/C14H17BrFN3S/c1-14(2,3)13-12(20-19-18-13)11(17)6-8-4-5-9(16)7-10(8)15/h4-5,7,11H,6,17H2,1-3H3. The van der Waals surface area contributed by atoms with Gasteiger partial charge in [0, 0.05) is 15.9 Å². The summed E-state index contributed by atoms with van der Waals surface area (Å²) in [4.78, 5) is 0.994. The molecule has 0 aliphatic rings. The smallest absolute Gasteiger partial charge is 0.124 e. The average molecular weight is 358 g/mol. The minimum Gasteiger partial charge on any atom is -0.323 e. The number of hydrogen-bond donors (Lipinski definition) is 1. The highest BCUT2D eigenvalue weighted by Gasteiger charge is 2.26. The minimum absolute atomic E-state index is 0.0834. The van der Waals surface area contributed by atoms with Gasteiger partial charge in [0.1, 0.15) is 5.82 Å². The first-order chi connectivity index (χ1) is 9.29. The van der Waals surface area contributed by atoms with E-state index in [0.717, 1.165) is 20.6 Å². The van der Waals surface area contributed by atoms with Crippen LogP contribution in [0.1, 0.15) is 42.9 Å². The van der Waals surface area contributed by atoms with Gasteiger partial charge in [0.15, 0.2) is 0 Å². The van der Waals surface area contributed by atoms with E-state index in [1.807, 2.05) is 0 Å². The van der Waals surface area contributed by atoms with Crippen molar-refractivity contribution in [3.05, 3.63) is 44.6 Å². The average Bonchev–Trinajstić information content (AvgIpc) is 2.81. The van der Waals surface area contributed by atoms with E-state index in [-0.39, 0.29) is 17.3 Å². The van der Waals surface area contributed by atoms with Crippen LogP contribution in [0.4, 0.5) is 4.39 Å². The van der Waals surface area contributed by atoms with Gasteiger partial charge in [-0.15, -0.1) is 5.10 Å². The predicted molar refractivity (Wildman–Crippen MR) is 83.3 cm³/mol. The van der Waals surface area contributed by atoms with Crippen LogP contribution in [0.5, 0.6) is 0 Å². The Morgan fingerprint density at radius 1 is 1.40 bits per heavy atom. The van der Waals surface area contributed by atoms with Crippen molar-refractivity contribution in [1.29, 1.82) is 0 Å². The van der Waals surface area contributed by atoms with Gasteiger partial charge in [-0.1, -0.05) is 47.3 Å². The molecule has 0 bridgehead atoms. The zero-order chi connectivity index (χ0) is 14.9. The number of hydrogen-bond acceptors (Lipinski definition) is 4. The summed E-state index contributed by atoms with van der Waals surface area (Å²) < 4.78 is 17.9. The van der Waals surface area contributed by atoms with E-state index in [2.05, 4.69) is 46.3 Å². The van der Waals surface area contributed by atoms with Crippen LogP contribution in [0.15, 0.2) is 22.7 Å². The first-order valence-corrected chi connectivity index (χ1v) is 7.88. The largest absolute Gasteiger partial charge is 0.323 e. The van der Waals surface area contributed by atoms with Gasteiger partial charge >= 0.3 is 0 Å². The molecule has 2 N–H and O–H groups in total. The van der Waals surface area contributed by atoms with E-state index >= 15 is 0 Å². The Morgan fingerprint density at radius 3 is 2.70 bits per heavy atom. The van der Waals surface area contributed by atoms with Crippen LogP contribution in [0.2, 0.25) is 0 Å². The van der Waals surface area contributed by atoms with Gasteiger partial charge in [-0.3, -0.25) is 0 Å². The maximum absolute atomic E-state index is 13.1. The van der Waals surface area contributed by atoms with E-state index < -0.39 is 0 Å². The van der Waals surface area contributed by atoms with Crippen LogP contribution < -0.4 is 5.73 Å². The lowest BCUT2D eigenvalue weighted by Crippen LogP contribution is -2.20. The number of nitrogens with zero attached hydrogens (tertiary/aromatic N) is 2. The molecule has 108 valence electrons. The molecule has 0 aliphatic heterocycles. The Morgan fingerprint density at radius 2 is 2.10 bits per heavy atom. The molecule has 1 heterocycles. The van der Waals surface area contributed by atoms with Crippen molar-refractivity contribution in [3.63, 3.8) is 0 Å². The van der Waals surface area contributed by atoms with Crippen molar-refractivity contribution in [2.45, 2.75) is 38.6 Å². The molecule has 1 atom stereocenters. The van der Waals surface area contributed by atoms with E-state index in [1.54, 1.807) is 6.07 Å². The minimum atomic E-state index is -0.260. The van der Waals surface area contributed by atoms with Crippen LogP contribution in [-0.2, 0) is 11.8 Å². The summed E-state index contributed by atoms with van der Waals surface area (Å²) in [5.41, 5.74) is 8.13. The van der Waals surface area contributed by atoms with Gasteiger partial charge < -0.3 is 5.73 Å². The second kappa shape index (κ2) is 5.87. The van der Waals surface area contributed by atoms with Crippen molar-refractivity contribution < 1.29 is 4.39 Å². The van der Waals surface area contributed by atoms with Crippen molar-refractivity contribution in [2.75, 3.05) is 0 Å². The zero-order valence-corrected chi connectivity index (χ0v) is 14.1. The molecular formula is C14H17BrFN3S. The third kappa shape index (κ3) is 3.42. The van der Waals surface area contributed by atoms with Crippen LogP contribution in [-0.4, -0.2) is 9.59 Å². The van der Waals surface area contributed by atoms with Crippen molar-refractivity contribution >= 4 is 27.5 Å². The summed E-state index contributed by atoms with van der Waals surface area (Å²) in [6, 6.07) is 4.47. The molecule has 6 heteroatoms. The lowest BCUT2D eigenvalue weighted by atomic mass is 9.89. The Hall–Kier alpha value is -0.850. The quantitative estimate of drug-likeness (QED) is 0.903. The molecule has 2 aromatic rings. The first kappa shape index (κ1) is 15.5. The zero-order valence-electron chi connectivity index (χ0n) is 11.7. The molecule has 1 aromatic heterocycles. The lowest BCUT2D eigenvalue weighted by Gasteiger charge is -2.19. The third-order valence-electron chi connectivity index (χ3n) is 3.02. The number of halogens is 2. The molecule has 0 aliphatic carbocycles. The summed E-state index contributed by atoms with van der Waals surface area (Å²) in [6.45, 7) is 6.27. The molecule has 0 saturated carbocycles. The SMILES string of the molecule is CC(C)(C)c1nnsc1C(N)Cc1ccc(F)cc1Br. The lowest BCUT2D eigenvalue weighted by molar-refractivity contribution is 0.550. The molecule has 0 amide bonds. The highest BCUT2D eigenvalue weighted by molar-refractivity contribution is 9.10. The molecule has 0 fully saturated rings. The summed E-state index contributed by atoms with van der Waals surface area (Å²) in [7, 11) is 0. The summed E-state index contributed by atoms with van der Waals surface area (Å²) >= 11 is 4.71. The highest BCUT2D eigenvalue weighted by atomic mass is 79.9.